The van der Waals surface area contributed by atoms with Crippen molar-refractivity contribution in [2.24, 2.45) is 0 Å². The molecule has 0 fully saturated rings. The fraction of sp³-hybridized carbons (Fsp3) is 0.263. The van der Waals surface area contributed by atoms with Crippen LogP contribution in [0.1, 0.15) is 42.2 Å². The molecule has 0 heterocycles. The molecule has 1 aliphatic rings. The van der Waals surface area contributed by atoms with Crippen LogP contribution < -0.4 is 4.74 Å². The lowest BCUT2D eigenvalue weighted by Gasteiger charge is -2.17. The van der Waals surface area contributed by atoms with Gasteiger partial charge in [-0.2, -0.15) is 5.26 Å². The van der Waals surface area contributed by atoms with Gasteiger partial charge in [-0.1, -0.05) is 0 Å². The van der Waals surface area contributed by atoms with Crippen molar-refractivity contribution in [2.75, 3.05) is 6.26 Å². The predicted octanol–water partition coefficient (Wildman–Crippen LogP) is 2.93. The summed E-state index contributed by atoms with van der Waals surface area (Å²) >= 11 is 0. The van der Waals surface area contributed by atoms with Crippen LogP contribution in [0, 0.1) is 17.1 Å². The van der Waals surface area contributed by atoms with E-state index in [0.717, 1.165) is 18.4 Å². The standard InChI is InChI=1S/C19H16FNO6S/c1-10(22)26-16-8-14(23)18-15(3-4-17(19(16)18)28(2,24)25)27-13-6-11(9-21)5-12(20)7-13/h3-7,14,16,23H,8H2,1-2H3/t14-,16+/m0/s1. The molecule has 0 aliphatic heterocycles. The van der Waals surface area contributed by atoms with Crippen LogP contribution in [-0.4, -0.2) is 25.7 Å². The van der Waals surface area contributed by atoms with Crippen molar-refractivity contribution in [3.8, 4) is 17.6 Å². The fourth-order valence-corrected chi connectivity index (χ4v) is 4.20. The Balaban J connectivity index is 2.15. The molecule has 3 rings (SSSR count). The van der Waals surface area contributed by atoms with Gasteiger partial charge in [0, 0.05) is 36.8 Å². The lowest BCUT2D eigenvalue weighted by Crippen LogP contribution is -2.10. The molecule has 1 N–H and O–H groups in total. The van der Waals surface area contributed by atoms with Gasteiger partial charge in [-0.15, -0.1) is 0 Å². The molecular weight excluding hydrogens is 389 g/mol. The first-order valence-electron chi connectivity index (χ1n) is 8.21. The average molecular weight is 405 g/mol. The molecule has 1 aliphatic carbocycles. The van der Waals surface area contributed by atoms with Crippen LogP contribution in [0.3, 0.4) is 0 Å². The maximum absolute atomic E-state index is 13.7. The molecule has 0 bridgehead atoms. The lowest BCUT2D eigenvalue weighted by molar-refractivity contribution is -0.147. The highest BCUT2D eigenvalue weighted by Crippen LogP contribution is 2.49. The van der Waals surface area contributed by atoms with Gasteiger partial charge in [0.1, 0.15) is 23.4 Å². The van der Waals surface area contributed by atoms with Gasteiger partial charge >= 0.3 is 5.97 Å². The number of hydrogen-bond donors (Lipinski definition) is 1. The van der Waals surface area contributed by atoms with Gasteiger partial charge in [-0.3, -0.25) is 4.79 Å². The number of sulfone groups is 1. The van der Waals surface area contributed by atoms with Crippen LogP contribution in [0.15, 0.2) is 35.2 Å². The predicted molar refractivity (Wildman–Crippen MR) is 94.8 cm³/mol. The van der Waals surface area contributed by atoms with E-state index in [9.17, 15) is 22.7 Å². The Morgan fingerprint density at radius 3 is 2.61 bits per heavy atom. The molecule has 2 aromatic carbocycles. The number of halogens is 1. The molecule has 2 aromatic rings. The van der Waals surface area contributed by atoms with Gasteiger partial charge in [0.05, 0.1) is 22.6 Å². The first-order chi connectivity index (χ1) is 13.1. The fourth-order valence-electron chi connectivity index (χ4n) is 3.24. The molecule has 2 atom stereocenters. The monoisotopic (exact) mass is 405 g/mol. The number of benzene rings is 2. The summed E-state index contributed by atoms with van der Waals surface area (Å²) in [5.74, 6) is -1.22. The van der Waals surface area contributed by atoms with Gasteiger partial charge in [-0.05, 0) is 24.3 Å². The first-order valence-corrected chi connectivity index (χ1v) is 10.1. The van der Waals surface area contributed by atoms with Crippen LogP contribution in [0.4, 0.5) is 4.39 Å². The number of hydrogen-bond acceptors (Lipinski definition) is 7. The van der Waals surface area contributed by atoms with E-state index in [4.69, 9.17) is 14.7 Å². The van der Waals surface area contributed by atoms with Crippen LogP contribution in [-0.2, 0) is 19.4 Å². The summed E-state index contributed by atoms with van der Waals surface area (Å²) in [5, 5.41) is 19.4. The third kappa shape index (κ3) is 3.83. The number of nitriles is 1. The summed E-state index contributed by atoms with van der Waals surface area (Å²) in [6.45, 7) is 1.18. The number of fused-ring (bicyclic) bond motifs is 1. The molecule has 146 valence electrons. The van der Waals surface area contributed by atoms with E-state index in [1.54, 1.807) is 6.07 Å². The quantitative estimate of drug-likeness (QED) is 0.778. The number of ether oxygens (including phenoxy) is 2. The summed E-state index contributed by atoms with van der Waals surface area (Å²) in [6, 6.07) is 7.83. The Morgan fingerprint density at radius 2 is 2.00 bits per heavy atom. The normalized spacial score (nSPS) is 18.2. The van der Waals surface area contributed by atoms with E-state index in [0.29, 0.717) is 0 Å². The van der Waals surface area contributed by atoms with Crippen LogP contribution in [0.2, 0.25) is 0 Å². The molecule has 0 amide bonds. The molecule has 0 saturated heterocycles. The summed E-state index contributed by atoms with van der Waals surface area (Å²) in [7, 11) is -3.69. The Labute approximate surface area is 160 Å². The summed E-state index contributed by atoms with van der Waals surface area (Å²) in [6.07, 6.45) is -1.15. The molecule has 7 nitrogen and oxygen atoms in total. The molecule has 0 aromatic heterocycles. The summed E-state index contributed by atoms with van der Waals surface area (Å²) in [4.78, 5) is 11.3. The lowest BCUT2D eigenvalue weighted by atomic mass is 10.1. The number of carbonyl (C=O) groups is 1. The summed E-state index contributed by atoms with van der Waals surface area (Å²) < 4.78 is 48.9. The highest BCUT2D eigenvalue weighted by atomic mass is 32.2. The van der Waals surface area contributed by atoms with Gasteiger partial charge in [0.25, 0.3) is 0 Å². The number of aliphatic hydroxyl groups excluding tert-OH is 1. The summed E-state index contributed by atoms with van der Waals surface area (Å²) in [5.41, 5.74) is 0.328. The maximum Gasteiger partial charge on any atom is 0.303 e. The van der Waals surface area contributed by atoms with Crippen molar-refractivity contribution in [2.45, 2.75) is 30.4 Å². The zero-order valence-corrected chi connectivity index (χ0v) is 15.8. The number of esters is 1. The van der Waals surface area contributed by atoms with Crippen LogP contribution in [0.25, 0.3) is 0 Å². The van der Waals surface area contributed by atoms with E-state index in [-0.39, 0.29) is 39.5 Å². The minimum absolute atomic E-state index is 0.00833. The van der Waals surface area contributed by atoms with E-state index in [1.165, 1.54) is 25.1 Å². The van der Waals surface area contributed by atoms with E-state index >= 15 is 0 Å². The molecule has 28 heavy (non-hydrogen) atoms. The van der Waals surface area contributed by atoms with Gasteiger partial charge < -0.3 is 14.6 Å². The first kappa shape index (κ1) is 19.8. The minimum atomic E-state index is -3.69. The second kappa shape index (κ2) is 7.22. The second-order valence-corrected chi connectivity index (χ2v) is 8.38. The third-order valence-corrected chi connectivity index (χ3v) is 5.39. The van der Waals surface area contributed by atoms with Crippen molar-refractivity contribution in [3.63, 3.8) is 0 Å². The minimum Gasteiger partial charge on any atom is -0.457 e. The Bertz CT molecular complexity index is 1110. The molecule has 9 heteroatoms. The van der Waals surface area contributed by atoms with Crippen molar-refractivity contribution in [1.29, 1.82) is 5.26 Å². The topological polar surface area (TPSA) is 114 Å². The SMILES string of the molecule is CC(=O)O[C@@H]1C[C@H](O)c2c(Oc3cc(F)cc(C#N)c3)ccc(S(C)(=O)=O)c21. The Hall–Kier alpha value is -2.96. The van der Waals surface area contributed by atoms with Crippen molar-refractivity contribution in [3.05, 3.63) is 52.8 Å². The molecular formula is C19H16FNO6S. The van der Waals surface area contributed by atoms with Gasteiger partial charge in [0.2, 0.25) is 0 Å². The van der Waals surface area contributed by atoms with Crippen molar-refractivity contribution >= 4 is 15.8 Å². The third-order valence-electron chi connectivity index (χ3n) is 4.24. The smallest absolute Gasteiger partial charge is 0.303 e. The van der Waals surface area contributed by atoms with E-state index in [2.05, 4.69) is 0 Å². The van der Waals surface area contributed by atoms with Crippen LogP contribution in [0.5, 0.6) is 11.5 Å². The number of aliphatic hydroxyl groups is 1. The van der Waals surface area contributed by atoms with Crippen molar-refractivity contribution in [1.82, 2.24) is 0 Å². The van der Waals surface area contributed by atoms with E-state index < -0.39 is 33.8 Å². The Kier molecular flexibility index (Phi) is 5.10. The highest BCUT2D eigenvalue weighted by molar-refractivity contribution is 7.90. The Morgan fingerprint density at radius 1 is 1.29 bits per heavy atom. The number of carbonyl (C=O) groups excluding carboxylic acids is 1. The van der Waals surface area contributed by atoms with Crippen LogP contribution >= 0.6 is 0 Å². The zero-order chi connectivity index (χ0) is 20.6. The van der Waals surface area contributed by atoms with Gasteiger partial charge in [0.15, 0.2) is 9.84 Å². The van der Waals surface area contributed by atoms with Gasteiger partial charge in [-0.25, -0.2) is 12.8 Å². The maximum atomic E-state index is 13.7. The largest absolute Gasteiger partial charge is 0.457 e. The van der Waals surface area contributed by atoms with E-state index in [1.807, 2.05) is 0 Å². The second-order valence-electron chi connectivity index (χ2n) is 6.40. The average Bonchev–Trinajstić information content (AvgIpc) is 2.89. The zero-order valence-electron chi connectivity index (χ0n) is 15.0. The number of nitrogens with zero attached hydrogens (tertiary/aromatic N) is 1. The molecule has 0 unspecified atom stereocenters. The highest BCUT2D eigenvalue weighted by Gasteiger charge is 2.39. The molecule has 0 saturated carbocycles. The number of rotatable bonds is 4. The molecule has 0 spiro atoms. The molecule has 0 radical (unpaired) electrons. The van der Waals surface area contributed by atoms with Crippen molar-refractivity contribution < 1.29 is 32.2 Å².